The molecule has 0 unspecified atom stereocenters. The number of halogens is 1. The Kier molecular flexibility index (Phi) is 4.55. The quantitative estimate of drug-likeness (QED) is 0.647. The van der Waals surface area contributed by atoms with Gasteiger partial charge in [-0.2, -0.15) is 0 Å². The van der Waals surface area contributed by atoms with E-state index in [-0.39, 0.29) is 11.8 Å². The van der Waals surface area contributed by atoms with E-state index in [4.69, 9.17) is 16.2 Å². The molecule has 4 nitrogen and oxygen atoms in total. The van der Waals surface area contributed by atoms with E-state index in [0.717, 1.165) is 16.9 Å². The van der Waals surface area contributed by atoms with Crippen LogP contribution in [0.15, 0.2) is 53.5 Å². The van der Waals surface area contributed by atoms with Gasteiger partial charge in [-0.15, -0.1) is 0 Å². The molecule has 0 atom stereocenters. The van der Waals surface area contributed by atoms with Crippen LogP contribution in [0, 0.1) is 5.82 Å². The normalized spacial score (nSPS) is 10.1. The molecule has 0 saturated carbocycles. The summed E-state index contributed by atoms with van der Waals surface area (Å²) in [6.45, 7) is 0.794. The largest absolute Gasteiger partial charge is 0.489 e. The van der Waals surface area contributed by atoms with E-state index in [0.29, 0.717) is 13.2 Å². The molecule has 104 valence electrons. The number of nitrogens with zero attached hydrogens (tertiary/aromatic N) is 1. The second-order valence-electron chi connectivity index (χ2n) is 4.30. The van der Waals surface area contributed by atoms with Crippen molar-refractivity contribution in [2.24, 2.45) is 16.5 Å². The summed E-state index contributed by atoms with van der Waals surface area (Å²) in [6, 6.07) is 13.7. The number of rotatable bonds is 5. The summed E-state index contributed by atoms with van der Waals surface area (Å²) >= 11 is 0. The predicted molar refractivity (Wildman–Crippen MR) is 76.7 cm³/mol. The van der Waals surface area contributed by atoms with E-state index in [1.165, 1.54) is 12.1 Å². The van der Waals surface area contributed by atoms with Crippen LogP contribution in [0.4, 0.5) is 4.39 Å². The highest BCUT2D eigenvalue weighted by molar-refractivity contribution is 5.75. The molecule has 0 fully saturated rings. The molecule has 0 aromatic heterocycles. The fraction of sp³-hybridized carbons (Fsp3) is 0.133. The summed E-state index contributed by atoms with van der Waals surface area (Å²) in [6.07, 6.45) is 0. The fourth-order valence-electron chi connectivity index (χ4n) is 1.66. The van der Waals surface area contributed by atoms with Crippen molar-refractivity contribution < 1.29 is 9.13 Å². The van der Waals surface area contributed by atoms with Gasteiger partial charge in [-0.3, -0.25) is 0 Å². The average molecular weight is 273 g/mol. The Morgan fingerprint density at radius 2 is 1.80 bits per heavy atom. The molecule has 0 aliphatic carbocycles. The molecule has 0 aliphatic rings. The third kappa shape index (κ3) is 4.28. The van der Waals surface area contributed by atoms with Crippen LogP contribution >= 0.6 is 0 Å². The molecule has 4 N–H and O–H groups in total. The zero-order chi connectivity index (χ0) is 14.4. The van der Waals surface area contributed by atoms with Crippen molar-refractivity contribution in [1.82, 2.24) is 0 Å². The van der Waals surface area contributed by atoms with Gasteiger partial charge in [-0.25, -0.2) is 9.38 Å². The van der Waals surface area contributed by atoms with Gasteiger partial charge in [0.2, 0.25) is 0 Å². The van der Waals surface area contributed by atoms with Crippen LogP contribution in [0.2, 0.25) is 0 Å². The Hall–Kier alpha value is -2.56. The lowest BCUT2D eigenvalue weighted by Crippen LogP contribution is -2.22. The lowest BCUT2D eigenvalue weighted by atomic mass is 10.2. The van der Waals surface area contributed by atoms with E-state index in [1.54, 1.807) is 12.1 Å². The Morgan fingerprint density at radius 3 is 2.50 bits per heavy atom. The predicted octanol–water partition coefficient (Wildman–Crippen LogP) is 2.18. The van der Waals surface area contributed by atoms with Gasteiger partial charge in [0.15, 0.2) is 5.96 Å². The summed E-state index contributed by atoms with van der Waals surface area (Å²) in [5.41, 5.74) is 12.4. The average Bonchev–Trinajstić information content (AvgIpc) is 2.45. The van der Waals surface area contributed by atoms with Crippen molar-refractivity contribution in [2.45, 2.75) is 13.2 Å². The minimum Gasteiger partial charge on any atom is -0.489 e. The molecule has 0 radical (unpaired) electrons. The van der Waals surface area contributed by atoms with Crippen LogP contribution in [0.3, 0.4) is 0 Å². The van der Waals surface area contributed by atoms with Crippen LogP contribution in [-0.2, 0) is 13.2 Å². The molecule has 0 amide bonds. The topological polar surface area (TPSA) is 73.6 Å². The maximum absolute atomic E-state index is 12.8. The highest BCUT2D eigenvalue weighted by atomic mass is 19.1. The van der Waals surface area contributed by atoms with E-state index in [1.807, 2.05) is 24.3 Å². The highest BCUT2D eigenvalue weighted by Gasteiger charge is 1.99. The zero-order valence-electron chi connectivity index (χ0n) is 10.9. The maximum Gasteiger partial charge on any atom is 0.186 e. The van der Waals surface area contributed by atoms with Crippen molar-refractivity contribution >= 4 is 5.96 Å². The number of ether oxygens (including phenoxy) is 1. The molecule has 20 heavy (non-hydrogen) atoms. The van der Waals surface area contributed by atoms with E-state index in [2.05, 4.69) is 4.99 Å². The van der Waals surface area contributed by atoms with Crippen LogP contribution in [0.5, 0.6) is 5.75 Å². The van der Waals surface area contributed by atoms with Crippen molar-refractivity contribution in [3.8, 4) is 5.75 Å². The first-order valence-electron chi connectivity index (χ1n) is 6.15. The third-order valence-electron chi connectivity index (χ3n) is 2.66. The first-order chi connectivity index (χ1) is 9.63. The standard InChI is InChI=1S/C15H16FN3O/c16-13-6-4-11(5-7-13)10-20-14-3-1-2-12(8-14)9-19-15(17)18/h1-8H,9-10H2,(H4,17,18,19). The molecule has 5 heteroatoms. The summed E-state index contributed by atoms with van der Waals surface area (Å²) in [5, 5.41) is 0. The summed E-state index contributed by atoms with van der Waals surface area (Å²) in [5.74, 6) is 0.522. The van der Waals surface area contributed by atoms with Gasteiger partial charge in [0.25, 0.3) is 0 Å². The van der Waals surface area contributed by atoms with E-state index >= 15 is 0 Å². The second-order valence-corrected chi connectivity index (χ2v) is 4.30. The van der Waals surface area contributed by atoms with Crippen molar-refractivity contribution in [3.63, 3.8) is 0 Å². The molecule has 0 aliphatic heterocycles. The lowest BCUT2D eigenvalue weighted by Gasteiger charge is -2.07. The van der Waals surface area contributed by atoms with Gasteiger partial charge in [0.05, 0.1) is 6.54 Å². The number of hydrogen-bond acceptors (Lipinski definition) is 2. The summed E-state index contributed by atoms with van der Waals surface area (Å²) in [7, 11) is 0. The van der Waals surface area contributed by atoms with Gasteiger partial charge in [-0.05, 0) is 35.4 Å². The van der Waals surface area contributed by atoms with E-state index in [9.17, 15) is 4.39 Å². The SMILES string of the molecule is NC(N)=NCc1cccc(OCc2ccc(F)cc2)c1. The molecule has 2 aromatic rings. The Morgan fingerprint density at radius 1 is 1.05 bits per heavy atom. The first kappa shape index (κ1) is 13.9. The lowest BCUT2D eigenvalue weighted by molar-refractivity contribution is 0.306. The molecule has 2 rings (SSSR count). The molecular weight excluding hydrogens is 257 g/mol. The number of hydrogen-bond donors (Lipinski definition) is 2. The molecule has 0 bridgehead atoms. The Bertz CT molecular complexity index is 592. The van der Waals surface area contributed by atoms with Crippen LogP contribution in [0.25, 0.3) is 0 Å². The fourth-order valence-corrected chi connectivity index (χ4v) is 1.66. The molecule has 0 saturated heterocycles. The van der Waals surface area contributed by atoms with Crippen LogP contribution < -0.4 is 16.2 Å². The molecular formula is C15H16FN3O. The second kappa shape index (κ2) is 6.56. The van der Waals surface area contributed by atoms with Gasteiger partial charge < -0.3 is 16.2 Å². The van der Waals surface area contributed by atoms with Crippen molar-refractivity contribution in [3.05, 3.63) is 65.5 Å². The third-order valence-corrected chi connectivity index (χ3v) is 2.66. The smallest absolute Gasteiger partial charge is 0.186 e. The highest BCUT2D eigenvalue weighted by Crippen LogP contribution is 2.16. The first-order valence-corrected chi connectivity index (χ1v) is 6.15. The molecule has 0 heterocycles. The molecule has 2 aromatic carbocycles. The van der Waals surface area contributed by atoms with Crippen molar-refractivity contribution in [1.29, 1.82) is 0 Å². The van der Waals surface area contributed by atoms with Gasteiger partial charge in [-0.1, -0.05) is 24.3 Å². The van der Waals surface area contributed by atoms with Crippen LogP contribution in [0.1, 0.15) is 11.1 Å². The van der Waals surface area contributed by atoms with Crippen LogP contribution in [-0.4, -0.2) is 5.96 Å². The number of aliphatic imine (C=N–C) groups is 1. The Labute approximate surface area is 116 Å². The summed E-state index contributed by atoms with van der Waals surface area (Å²) in [4.78, 5) is 3.94. The Balaban J connectivity index is 1.97. The zero-order valence-corrected chi connectivity index (χ0v) is 10.9. The minimum atomic E-state index is -0.256. The van der Waals surface area contributed by atoms with Gasteiger partial charge in [0.1, 0.15) is 18.2 Å². The van der Waals surface area contributed by atoms with Crippen molar-refractivity contribution in [2.75, 3.05) is 0 Å². The van der Waals surface area contributed by atoms with E-state index < -0.39 is 0 Å². The van der Waals surface area contributed by atoms with Gasteiger partial charge >= 0.3 is 0 Å². The maximum atomic E-state index is 12.8. The minimum absolute atomic E-state index is 0.0580. The summed E-state index contributed by atoms with van der Waals surface area (Å²) < 4.78 is 18.4. The number of nitrogens with two attached hydrogens (primary N) is 2. The molecule has 0 spiro atoms. The number of benzene rings is 2. The van der Waals surface area contributed by atoms with Gasteiger partial charge in [0, 0.05) is 0 Å². The monoisotopic (exact) mass is 273 g/mol. The number of guanidine groups is 1.